The van der Waals surface area contributed by atoms with Crippen molar-refractivity contribution in [2.24, 2.45) is 0 Å². The van der Waals surface area contributed by atoms with Crippen LogP contribution < -0.4 is 4.90 Å². The van der Waals surface area contributed by atoms with Gasteiger partial charge in [0.2, 0.25) is 0 Å². The van der Waals surface area contributed by atoms with Crippen molar-refractivity contribution in [3.05, 3.63) is 29.3 Å². The van der Waals surface area contributed by atoms with Crippen molar-refractivity contribution < 1.29 is 4.79 Å². The van der Waals surface area contributed by atoms with E-state index in [1.165, 1.54) is 4.90 Å². The highest BCUT2D eigenvalue weighted by Gasteiger charge is 2.13. The van der Waals surface area contributed by atoms with E-state index in [1.54, 1.807) is 13.1 Å². The summed E-state index contributed by atoms with van der Waals surface area (Å²) in [6, 6.07) is 7.62. The number of nitrogens with zero attached hydrogens (tertiary/aromatic N) is 2. The van der Waals surface area contributed by atoms with E-state index in [4.69, 9.17) is 5.26 Å². The topological polar surface area (TPSA) is 44.1 Å². The molecule has 3 heteroatoms. The minimum Gasteiger partial charge on any atom is -0.303 e. The maximum atomic E-state index is 11.3. The Bertz CT molecular complexity index is 444. The lowest BCUT2D eigenvalue weighted by atomic mass is 10.0. The molecular formula is C13H16N2O. The van der Waals surface area contributed by atoms with Crippen LogP contribution in [0, 0.1) is 18.3 Å². The number of hydrogen-bond donors (Lipinski definition) is 0. The summed E-state index contributed by atoms with van der Waals surface area (Å²) in [7, 11) is 1.62. The van der Waals surface area contributed by atoms with E-state index in [0.717, 1.165) is 16.8 Å². The quantitative estimate of drug-likeness (QED) is 0.713. The van der Waals surface area contributed by atoms with Crippen molar-refractivity contribution >= 4 is 11.6 Å². The van der Waals surface area contributed by atoms with Gasteiger partial charge in [0, 0.05) is 12.7 Å². The number of amides is 1. The fourth-order valence-corrected chi connectivity index (χ4v) is 1.53. The Hall–Kier alpha value is -1.82. The Balaban J connectivity index is 3.18. The van der Waals surface area contributed by atoms with E-state index in [0.29, 0.717) is 5.92 Å². The van der Waals surface area contributed by atoms with Crippen LogP contribution in [0.3, 0.4) is 0 Å². The first-order valence-corrected chi connectivity index (χ1v) is 5.25. The van der Waals surface area contributed by atoms with Gasteiger partial charge in [-0.2, -0.15) is 5.26 Å². The van der Waals surface area contributed by atoms with Gasteiger partial charge in [0.05, 0.1) is 0 Å². The molecule has 0 saturated heterocycles. The van der Waals surface area contributed by atoms with Crippen LogP contribution in [0.15, 0.2) is 18.2 Å². The van der Waals surface area contributed by atoms with Gasteiger partial charge in [0.25, 0.3) is 0 Å². The Labute approximate surface area is 96.3 Å². The van der Waals surface area contributed by atoms with E-state index in [-0.39, 0.29) is 0 Å². The number of aryl methyl sites for hydroxylation is 1. The molecule has 1 aromatic rings. The smallest absolute Gasteiger partial charge is 0.303 e. The van der Waals surface area contributed by atoms with Gasteiger partial charge in [-0.25, -0.2) is 0 Å². The summed E-state index contributed by atoms with van der Waals surface area (Å²) in [5.74, 6) is -0.131. The second kappa shape index (κ2) is 4.80. The number of hydrogen-bond acceptors (Lipinski definition) is 2. The average Bonchev–Trinajstić information content (AvgIpc) is 2.27. The molecule has 0 heterocycles. The van der Waals surface area contributed by atoms with Crippen LogP contribution in [0.2, 0.25) is 0 Å². The SMILES string of the molecule is Cc1ccc(C(C)C)cc1N(C)C(=O)C#N. The molecule has 0 fully saturated rings. The summed E-state index contributed by atoms with van der Waals surface area (Å²) in [5, 5.41) is 8.59. The summed E-state index contributed by atoms with van der Waals surface area (Å²) >= 11 is 0. The highest BCUT2D eigenvalue weighted by Crippen LogP contribution is 2.24. The van der Waals surface area contributed by atoms with Gasteiger partial charge in [-0.1, -0.05) is 26.0 Å². The molecule has 0 radical (unpaired) electrons. The third-order valence-corrected chi connectivity index (χ3v) is 2.66. The van der Waals surface area contributed by atoms with Gasteiger partial charge in [0.15, 0.2) is 6.07 Å². The Kier molecular flexibility index (Phi) is 3.68. The Morgan fingerprint density at radius 2 is 2.06 bits per heavy atom. The van der Waals surface area contributed by atoms with Crippen molar-refractivity contribution in [1.29, 1.82) is 5.26 Å². The summed E-state index contributed by atoms with van der Waals surface area (Å²) < 4.78 is 0. The molecule has 0 atom stereocenters. The molecule has 1 rings (SSSR count). The summed E-state index contributed by atoms with van der Waals surface area (Å²) in [6.07, 6.45) is 0. The van der Waals surface area contributed by atoms with Gasteiger partial charge in [0.1, 0.15) is 0 Å². The molecule has 0 bridgehead atoms. The van der Waals surface area contributed by atoms with Crippen LogP contribution in [-0.2, 0) is 4.79 Å². The van der Waals surface area contributed by atoms with Gasteiger partial charge in [-0.3, -0.25) is 4.79 Å². The van der Waals surface area contributed by atoms with Crippen LogP contribution in [0.1, 0.15) is 30.9 Å². The molecule has 0 aliphatic carbocycles. The summed E-state index contributed by atoms with van der Waals surface area (Å²) in [4.78, 5) is 12.7. The molecule has 0 aliphatic heterocycles. The predicted octanol–water partition coefficient (Wildman–Crippen LogP) is 2.60. The van der Waals surface area contributed by atoms with Crippen molar-refractivity contribution in [3.8, 4) is 6.07 Å². The third-order valence-electron chi connectivity index (χ3n) is 2.66. The minimum atomic E-state index is -0.538. The van der Waals surface area contributed by atoms with Crippen LogP contribution in [0.25, 0.3) is 0 Å². The number of rotatable bonds is 2. The number of benzene rings is 1. The molecule has 0 spiro atoms. The van der Waals surface area contributed by atoms with Crippen LogP contribution >= 0.6 is 0 Å². The van der Waals surface area contributed by atoms with Gasteiger partial charge < -0.3 is 4.90 Å². The first-order valence-electron chi connectivity index (χ1n) is 5.25. The summed E-state index contributed by atoms with van der Waals surface area (Å²) in [6.45, 7) is 6.13. The van der Waals surface area contributed by atoms with Gasteiger partial charge in [-0.15, -0.1) is 0 Å². The fraction of sp³-hybridized carbons (Fsp3) is 0.385. The number of carbonyl (C=O) groups excluding carboxylic acids is 1. The number of anilines is 1. The predicted molar refractivity (Wildman–Crippen MR) is 64.3 cm³/mol. The van der Waals surface area contributed by atoms with Crippen molar-refractivity contribution in [1.82, 2.24) is 0 Å². The molecular weight excluding hydrogens is 200 g/mol. The summed E-state index contributed by atoms with van der Waals surface area (Å²) in [5.41, 5.74) is 2.96. The molecule has 0 N–H and O–H groups in total. The fourth-order valence-electron chi connectivity index (χ4n) is 1.53. The Morgan fingerprint density at radius 3 is 2.56 bits per heavy atom. The molecule has 0 aromatic heterocycles. The first kappa shape index (κ1) is 12.3. The average molecular weight is 216 g/mol. The molecule has 1 aromatic carbocycles. The minimum absolute atomic E-state index is 0.407. The number of nitriles is 1. The van der Waals surface area contributed by atoms with Crippen LogP contribution in [0.5, 0.6) is 0 Å². The molecule has 1 amide bonds. The third kappa shape index (κ3) is 2.40. The highest BCUT2D eigenvalue weighted by atomic mass is 16.2. The molecule has 0 aliphatic rings. The van der Waals surface area contributed by atoms with Crippen LogP contribution in [-0.4, -0.2) is 13.0 Å². The largest absolute Gasteiger partial charge is 0.329 e. The zero-order chi connectivity index (χ0) is 12.3. The van der Waals surface area contributed by atoms with E-state index >= 15 is 0 Å². The molecule has 84 valence electrons. The molecule has 3 nitrogen and oxygen atoms in total. The van der Waals surface area contributed by atoms with Crippen molar-refractivity contribution in [2.45, 2.75) is 26.7 Å². The van der Waals surface area contributed by atoms with Gasteiger partial charge in [-0.05, 0) is 30.0 Å². The maximum Gasteiger partial charge on any atom is 0.329 e. The molecule has 0 unspecified atom stereocenters. The zero-order valence-corrected chi connectivity index (χ0v) is 10.1. The molecule has 16 heavy (non-hydrogen) atoms. The maximum absolute atomic E-state index is 11.3. The second-order valence-electron chi connectivity index (χ2n) is 4.18. The number of carbonyl (C=O) groups is 1. The van der Waals surface area contributed by atoms with Crippen molar-refractivity contribution in [3.63, 3.8) is 0 Å². The van der Waals surface area contributed by atoms with E-state index < -0.39 is 5.91 Å². The lowest BCUT2D eigenvalue weighted by Gasteiger charge is -2.18. The molecule has 0 saturated carbocycles. The first-order chi connectivity index (χ1) is 7.47. The Morgan fingerprint density at radius 1 is 1.44 bits per heavy atom. The standard InChI is InChI=1S/C13H16N2O/c1-9(2)11-6-5-10(3)12(7-11)15(4)13(16)8-14/h5-7,9H,1-4H3. The monoisotopic (exact) mass is 216 g/mol. The van der Waals surface area contributed by atoms with E-state index in [1.807, 2.05) is 25.1 Å². The van der Waals surface area contributed by atoms with Crippen molar-refractivity contribution in [2.75, 3.05) is 11.9 Å². The zero-order valence-electron chi connectivity index (χ0n) is 10.1. The normalized spacial score (nSPS) is 10.0. The highest BCUT2D eigenvalue weighted by molar-refractivity contribution is 6.04. The van der Waals surface area contributed by atoms with E-state index in [2.05, 4.69) is 13.8 Å². The van der Waals surface area contributed by atoms with Gasteiger partial charge >= 0.3 is 5.91 Å². The van der Waals surface area contributed by atoms with Crippen LogP contribution in [0.4, 0.5) is 5.69 Å². The lowest BCUT2D eigenvalue weighted by molar-refractivity contribution is -0.113. The lowest BCUT2D eigenvalue weighted by Crippen LogP contribution is -2.25. The van der Waals surface area contributed by atoms with E-state index in [9.17, 15) is 4.79 Å². The second-order valence-corrected chi connectivity index (χ2v) is 4.18.